The number of aromatic amines is 1. The van der Waals surface area contributed by atoms with E-state index in [-0.39, 0.29) is 18.2 Å². The number of likely N-dealkylation sites (tertiary alicyclic amines) is 1. The first-order valence-electron chi connectivity index (χ1n) is 5.84. The number of fused-ring (bicyclic) bond motifs is 1. The van der Waals surface area contributed by atoms with E-state index in [1.807, 2.05) is 0 Å². The molecule has 1 aliphatic heterocycles. The van der Waals surface area contributed by atoms with E-state index >= 15 is 0 Å². The summed E-state index contributed by atoms with van der Waals surface area (Å²) in [6, 6.07) is -0.673. The first kappa shape index (κ1) is 12.7. The molecule has 3 heterocycles. The number of hydrogen-bond donors (Lipinski definition) is 1. The normalized spacial score (nSPS) is 19.1. The predicted molar refractivity (Wildman–Crippen MR) is 70.7 cm³/mol. The van der Waals surface area contributed by atoms with Gasteiger partial charge in [-0.3, -0.25) is 19.1 Å². The smallest absolute Gasteiger partial charge is 0.252 e. The van der Waals surface area contributed by atoms with Gasteiger partial charge in [0.05, 0.1) is 13.5 Å². The molecule has 1 atom stereocenters. The van der Waals surface area contributed by atoms with Crippen LogP contribution in [0.5, 0.6) is 5.88 Å². The van der Waals surface area contributed by atoms with E-state index in [1.165, 1.54) is 20.5 Å². The van der Waals surface area contributed by atoms with E-state index in [1.54, 1.807) is 4.57 Å². The minimum atomic E-state index is -0.673. The molecule has 1 aliphatic rings. The highest BCUT2D eigenvalue weighted by Gasteiger charge is 2.38. The Morgan fingerprint density at radius 1 is 1.45 bits per heavy atom. The number of hydrogen-bond acceptors (Lipinski definition) is 6. The van der Waals surface area contributed by atoms with Crippen LogP contribution in [0, 0.1) is 4.77 Å². The van der Waals surface area contributed by atoms with Crippen LogP contribution in [0.25, 0.3) is 11.2 Å². The van der Waals surface area contributed by atoms with Gasteiger partial charge < -0.3 is 9.72 Å². The lowest BCUT2D eigenvalue weighted by Gasteiger charge is -2.10. The summed E-state index contributed by atoms with van der Waals surface area (Å²) in [6.45, 7) is 0. The van der Waals surface area contributed by atoms with Crippen LogP contribution < -0.4 is 4.74 Å². The maximum absolute atomic E-state index is 12.1. The molecular formula is C11H11N5O3S. The minimum Gasteiger partial charge on any atom is -0.479 e. The molecule has 1 N–H and O–H groups in total. The third kappa shape index (κ3) is 1.63. The predicted octanol–water partition coefficient (Wildman–Crippen LogP) is 0.427. The van der Waals surface area contributed by atoms with Gasteiger partial charge in [0.25, 0.3) is 5.91 Å². The fourth-order valence-corrected chi connectivity index (χ4v) is 2.61. The summed E-state index contributed by atoms with van der Waals surface area (Å²) in [4.78, 5) is 35.9. The minimum absolute atomic E-state index is 0.0723. The molecule has 1 unspecified atom stereocenters. The van der Waals surface area contributed by atoms with E-state index in [4.69, 9.17) is 17.0 Å². The van der Waals surface area contributed by atoms with Crippen molar-refractivity contribution < 1.29 is 14.3 Å². The summed E-state index contributed by atoms with van der Waals surface area (Å²) in [5, 5.41) is 0. The lowest BCUT2D eigenvalue weighted by molar-refractivity contribution is -0.137. The Labute approximate surface area is 118 Å². The largest absolute Gasteiger partial charge is 0.479 e. The highest BCUT2D eigenvalue weighted by molar-refractivity contribution is 7.71. The van der Waals surface area contributed by atoms with Crippen LogP contribution in [-0.2, 0) is 9.59 Å². The zero-order chi connectivity index (χ0) is 14.4. The number of imidazole rings is 1. The first-order valence-corrected chi connectivity index (χ1v) is 6.25. The Morgan fingerprint density at radius 2 is 2.20 bits per heavy atom. The van der Waals surface area contributed by atoms with Gasteiger partial charge in [-0.25, -0.2) is 4.98 Å². The fraction of sp³-hybridized carbons (Fsp3) is 0.364. The monoisotopic (exact) mass is 293 g/mol. The van der Waals surface area contributed by atoms with Gasteiger partial charge in [0, 0.05) is 7.05 Å². The third-order valence-electron chi connectivity index (χ3n) is 3.33. The number of imide groups is 1. The van der Waals surface area contributed by atoms with Crippen molar-refractivity contribution in [2.75, 3.05) is 14.2 Å². The van der Waals surface area contributed by atoms with Crippen molar-refractivity contribution in [2.24, 2.45) is 0 Å². The summed E-state index contributed by atoms with van der Waals surface area (Å²) < 4.78 is 6.97. The summed E-state index contributed by atoms with van der Waals surface area (Å²) in [5.74, 6) is -0.202. The quantitative estimate of drug-likeness (QED) is 0.637. The van der Waals surface area contributed by atoms with Crippen molar-refractivity contribution >= 4 is 35.2 Å². The number of likely N-dealkylation sites (N-methyl/N-ethyl adjacent to an activating group) is 1. The molecule has 2 aromatic rings. The second kappa shape index (κ2) is 4.37. The average molecular weight is 293 g/mol. The Hall–Kier alpha value is -2.29. The van der Waals surface area contributed by atoms with Crippen molar-refractivity contribution in [3.05, 3.63) is 11.1 Å². The molecule has 8 nitrogen and oxygen atoms in total. The van der Waals surface area contributed by atoms with E-state index in [0.717, 1.165) is 4.90 Å². The number of ether oxygens (including phenoxy) is 1. The van der Waals surface area contributed by atoms with E-state index < -0.39 is 6.04 Å². The lowest BCUT2D eigenvalue weighted by atomic mass is 10.2. The van der Waals surface area contributed by atoms with Gasteiger partial charge in [-0.05, 0) is 12.2 Å². The zero-order valence-corrected chi connectivity index (χ0v) is 11.6. The molecule has 0 spiro atoms. The van der Waals surface area contributed by atoms with Crippen molar-refractivity contribution in [1.82, 2.24) is 24.4 Å². The van der Waals surface area contributed by atoms with Crippen LogP contribution in [-0.4, -0.2) is 50.4 Å². The number of methoxy groups -OCH3 is 1. The van der Waals surface area contributed by atoms with Crippen molar-refractivity contribution in [2.45, 2.75) is 12.5 Å². The molecule has 20 heavy (non-hydrogen) atoms. The Bertz CT molecular complexity index is 780. The number of aromatic nitrogens is 4. The molecule has 0 radical (unpaired) electrons. The maximum Gasteiger partial charge on any atom is 0.252 e. The number of carbonyl (C=O) groups is 2. The SMILES string of the molecule is COc1ncnc2c1[nH]c(=S)n2C1CC(=O)N(C)C1=O. The van der Waals surface area contributed by atoms with Gasteiger partial charge in [-0.1, -0.05) is 0 Å². The number of nitrogens with zero attached hydrogens (tertiary/aromatic N) is 4. The summed E-state index contributed by atoms with van der Waals surface area (Å²) >= 11 is 5.23. The second-order valence-corrected chi connectivity index (χ2v) is 4.78. The van der Waals surface area contributed by atoms with E-state index in [9.17, 15) is 9.59 Å². The fourth-order valence-electron chi connectivity index (χ4n) is 2.30. The van der Waals surface area contributed by atoms with Gasteiger partial charge in [-0.15, -0.1) is 0 Å². The number of carbonyl (C=O) groups excluding carboxylic acids is 2. The third-order valence-corrected chi connectivity index (χ3v) is 3.63. The molecule has 104 valence electrons. The highest BCUT2D eigenvalue weighted by Crippen LogP contribution is 2.29. The molecule has 9 heteroatoms. The molecule has 0 aromatic carbocycles. The van der Waals surface area contributed by atoms with E-state index in [2.05, 4.69) is 15.0 Å². The molecule has 0 bridgehead atoms. The second-order valence-electron chi connectivity index (χ2n) is 4.39. The molecule has 3 rings (SSSR count). The first-order chi connectivity index (χ1) is 9.54. The molecule has 0 saturated carbocycles. The summed E-state index contributed by atoms with van der Waals surface area (Å²) in [5.41, 5.74) is 0.957. The van der Waals surface area contributed by atoms with Gasteiger partial charge in [-0.2, -0.15) is 4.98 Å². The van der Waals surface area contributed by atoms with Crippen molar-refractivity contribution in [3.63, 3.8) is 0 Å². The molecule has 0 aliphatic carbocycles. The maximum atomic E-state index is 12.1. The van der Waals surface area contributed by atoms with Gasteiger partial charge in [0.15, 0.2) is 10.4 Å². The van der Waals surface area contributed by atoms with Crippen LogP contribution in [0.4, 0.5) is 0 Å². The van der Waals surface area contributed by atoms with Crippen molar-refractivity contribution in [1.29, 1.82) is 0 Å². The number of rotatable bonds is 2. The van der Waals surface area contributed by atoms with Crippen LogP contribution in [0.3, 0.4) is 0 Å². The Kier molecular flexibility index (Phi) is 2.78. The van der Waals surface area contributed by atoms with Gasteiger partial charge in [0.2, 0.25) is 11.8 Å². The van der Waals surface area contributed by atoms with Gasteiger partial charge in [0.1, 0.15) is 17.9 Å². The van der Waals surface area contributed by atoms with Crippen LogP contribution >= 0.6 is 12.2 Å². The summed E-state index contributed by atoms with van der Waals surface area (Å²) in [6.07, 6.45) is 1.40. The van der Waals surface area contributed by atoms with Crippen LogP contribution in [0.1, 0.15) is 12.5 Å². The molecule has 2 aromatic heterocycles. The number of nitrogens with one attached hydrogen (secondary N) is 1. The molecule has 2 amide bonds. The van der Waals surface area contributed by atoms with Crippen LogP contribution in [0.15, 0.2) is 6.33 Å². The zero-order valence-electron chi connectivity index (χ0n) is 10.8. The molecule has 1 saturated heterocycles. The topological polar surface area (TPSA) is 93.1 Å². The number of H-pyrrole nitrogens is 1. The lowest BCUT2D eigenvalue weighted by Crippen LogP contribution is -2.27. The number of amides is 2. The molecular weight excluding hydrogens is 282 g/mol. The van der Waals surface area contributed by atoms with Crippen LogP contribution in [0.2, 0.25) is 0 Å². The summed E-state index contributed by atoms with van der Waals surface area (Å²) in [7, 11) is 2.94. The van der Waals surface area contributed by atoms with Crippen molar-refractivity contribution in [3.8, 4) is 5.88 Å². The Morgan fingerprint density at radius 3 is 2.80 bits per heavy atom. The Balaban J connectivity index is 2.23. The highest BCUT2D eigenvalue weighted by atomic mass is 32.1. The van der Waals surface area contributed by atoms with Gasteiger partial charge >= 0.3 is 0 Å². The standard InChI is InChI=1S/C11H11N5O3S/c1-15-6(17)3-5(10(15)18)16-8-7(14-11(16)20)9(19-2)13-4-12-8/h4-5H,3H2,1-2H3,(H,14,20). The molecule has 1 fully saturated rings. The van der Waals surface area contributed by atoms with E-state index in [0.29, 0.717) is 21.8 Å². The average Bonchev–Trinajstić information content (AvgIpc) is 2.89.